The molecule has 0 bridgehead atoms. The first-order chi connectivity index (χ1) is 16.4. The predicted molar refractivity (Wildman–Crippen MR) is 138 cm³/mol. The molecule has 2 aromatic heterocycles. The molecule has 3 aromatic rings. The number of nitrogens with zero attached hydrogens (tertiary/aromatic N) is 6. The zero-order valence-corrected chi connectivity index (χ0v) is 22.0. The van der Waals surface area contributed by atoms with Gasteiger partial charge in [0.25, 0.3) is 5.56 Å². The number of hydrogen-bond acceptors (Lipinski definition) is 7. The van der Waals surface area contributed by atoms with E-state index in [1.165, 1.54) is 11.6 Å². The average Bonchev–Trinajstić information content (AvgIpc) is 2.81. The zero-order valence-electron chi connectivity index (χ0n) is 21.2. The van der Waals surface area contributed by atoms with Crippen LogP contribution in [0.4, 0.5) is 5.69 Å². The van der Waals surface area contributed by atoms with Gasteiger partial charge < -0.3 is 4.90 Å². The van der Waals surface area contributed by atoms with Gasteiger partial charge in [-0.05, 0) is 37.1 Å². The SMILES string of the molecule is Cc1ccc(N(CCC#N)C(=O)CSc2nc(C(C)(C)C)nc3c2c(=O)n(C)c(=O)n3C)cc1C. The molecule has 10 heteroatoms. The number of benzene rings is 1. The van der Waals surface area contributed by atoms with Gasteiger partial charge in [0.1, 0.15) is 16.2 Å². The number of aryl methyl sites for hydroxylation is 3. The van der Waals surface area contributed by atoms with Gasteiger partial charge in [0.2, 0.25) is 5.91 Å². The summed E-state index contributed by atoms with van der Waals surface area (Å²) in [6.07, 6.45) is 0.191. The lowest BCUT2D eigenvalue weighted by Crippen LogP contribution is -2.38. The van der Waals surface area contributed by atoms with E-state index in [4.69, 9.17) is 5.26 Å². The second-order valence-corrected chi connectivity index (χ2v) is 10.5. The van der Waals surface area contributed by atoms with Crippen LogP contribution in [0.5, 0.6) is 0 Å². The fraction of sp³-hybridized carbons (Fsp3) is 0.440. The normalized spacial score (nSPS) is 11.5. The lowest BCUT2D eigenvalue weighted by atomic mass is 9.96. The van der Waals surface area contributed by atoms with Gasteiger partial charge in [-0.2, -0.15) is 5.26 Å². The van der Waals surface area contributed by atoms with Crippen LogP contribution in [0.1, 0.15) is 44.1 Å². The number of anilines is 1. The molecule has 3 rings (SSSR count). The predicted octanol–water partition coefficient (Wildman–Crippen LogP) is 2.98. The van der Waals surface area contributed by atoms with E-state index in [-0.39, 0.29) is 35.7 Å². The molecule has 0 saturated carbocycles. The molecule has 1 amide bonds. The largest absolute Gasteiger partial charge is 0.332 e. The molecule has 0 unspecified atom stereocenters. The van der Waals surface area contributed by atoms with Crippen LogP contribution in [0.15, 0.2) is 32.8 Å². The molecule has 35 heavy (non-hydrogen) atoms. The smallest absolute Gasteiger partial charge is 0.311 e. The monoisotopic (exact) mass is 494 g/mol. The van der Waals surface area contributed by atoms with Crippen molar-refractivity contribution in [2.45, 2.75) is 51.5 Å². The Hall–Kier alpha value is -3.45. The van der Waals surface area contributed by atoms with Crippen molar-refractivity contribution in [2.24, 2.45) is 14.1 Å². The van der Waals surface area contributed by atoms with E-state index in [2.05, 4.69) is 16.0 Å². The van der Waals surface area contributed by atoms with Crippen LogP contribution in [0.3, 0.4) is 0 Å². The van der Waals surface area contributed by atoms with Crippen LogP contribution in [-0.2, 0) is 24.3 Å². The maximum atomic E-state index is 13.3. The van der Waals surface area contributed by atoms with E-state index in [9.17, 15) is 14.4 Å². The molecule has 0 saturated heterocycles. The number of aromatic nitrogens is 4. The molecule has 0 atom stereocenters. The summed E-state index contributed by atoms with van der Waals surface area (Å²) in [7, 11) is 2.97. The second-order valence-electron chi connectivity index (χ2n) is 9.52. The number of fused-ring (bicyclic) bond motifs is 1. The van der Waals surface area contributed by atoms with Crippen LogP contribution in [-0.4, -0.2) is 37.3 Å². The maximum absolute atomic E-state index is 13.3. The minimum atomic E-state index is -0.506. The molecule has 0 aliphatic rings. The van der Waals surface area contributed by atoms with Gasteiger partial charge in [0.05, 0.1) is 18.2 Å². The fourth-order valence-corrected chi connectivity index (χ4v) is 4.42. The Bertz CT molecular complexity index is 1460. The van der Waals surface area contributed by atoms with Crippen molar-refractivity contribution >= 4 is 34.4 Å². The Morgan fingerprint density at radius 2 is 1.80 bits per heavy atom. The molecule has 184 valence electrons. The summed E-state index contributed by atoms with van der Waals surface area (Å²) in [6.45, 7) is 10.0. The van der Waals surface area contributed by atoms with Crippen molar-refractivity contribution in [1.29, 1.82) is 5.26 Å². The van der Waals surface area contributed by atoms with Gasteiger partial charge in [-0.3, -0.25) is 18.7 Å². The Kier molecular flexibility index (Phi) is 7.50. The van der Waals surface area contributed by atoms with E-state index >= 15 is 0 Å². The molecule has 1 aromatic carbocycles. The van der Waals surface area contributed by atoms with E-state index in [0.29, 0.717) is 10.9 Å². The summed E-state index contributed by atoms with van der Waals surface area (Å²) in [6, 6.07) is 7.84. The first kappa shape index (κ1) is 26.2. The van der Waals surface area contributed by atoms with Crippen molar-refractivity contribution in [1.82, 2.24) is 19.1 Å². The molecule has 0 spiro atoms. The number of amides is 1. The highest BCUT2D eigenvalue weighted by molar-refractivity contribution is 8.00. The highest BCUT2D eigenvalue weighted by atomic mass is 32.2. The quantitative estimate of drug-likeness (QED) is 0.382. The van der Waals surface area contributed by atoms with Crippen molar-refractivity contribution in [3.8, 4) is 6.07 Å². The summed E-state index contributed by atoms with van der Waals surface area (Å²) in [5.74, 6) is 0.262. The third-order valence-corrected chi connectivity index (χ3v) is 6.78. The summed E-state index contributed by atoms with van der Waals surface area (Å²) in [5.41, 5.74) is 1.69. The molecule has 0 radical (unpaired) electrons. The third-order valence-electron chi connectivity index (χ3n) is 5.82. The number of rotatable bonds is 6. The van der Waals surface area contributed by atoms with Crippen molar-refractivity contribution in [2.75, 3.05) is 17.2 Å². The molecule has 2 heterocycles. The number of carbonyl (C=O) groups is 1. The van der Waals surface area contributed by atoms with Crippen LogP contribution in [0, 0.1) is 25.2 Å². The van der Waals surface area contributed by atoms with E-state index in [1.54, 1.807) is 11.9 Å². The van der Waals surface area contributed by atoms with Gasteiger partial charge in [-0.15, -0.1) is 0 Å². The Labute approximate surface area is 208 Å². The van der Waals surface area contributed by atoms with Gasteiger partial charge in [-0.1, -0.05) is 38.6 Å². The molecule has 0 N–H and O–H groups in total. The van der Waals surface area contributed by atoms with Crippen LogP contribution in [0.25, 0.3) is 11.0 Å². The van der Waals surface area contributed by atoms with Gasteiger partial charge >= 0.3 is 5.69 Å². The molecule has 0 aliphatic heterocycles. The Balaban J connectivity index is 2.06. The first-order valence-electron chi connectivity index (χ1n) is 11.2. The Morgan fingerprint density at radius 3 is 2.40 bits per heavy atom. The van der Waals surface area contributed by atoms with Crippen LogP contribution in [0.2, 0.25) is 0 Å². The molecule has 9 nitrogen and oxygen atoms in total. The molecular formula is C25H30N6O3S. The standard InChI is InChI=1S/C25H30N6O3S/c1-15-9-10-17(13-16(15)2)31(12-8-11-26)18(32)14-35-21-19-20(27-23(28-21)25(3,4)5)29(6)24(34)30(7)22(19)33/h9-10,13H,8,12,14H2,1-7H3. The number of nitriles is 1. The van der Waals surface area contributed by atoms with Gasteiger partial charge in [0.15, 0.2) is 5.65 Å². The third kappa shape index (κ3) is 5.30. The number of hydrogen-bond donors (Lipinski definition) is 0. The highest BCUT2D eigenvalue weighted by Crippen LogP contribution is 2.28. The topological polar surface area (TPSA) is 114 Å². The molecular weight excluding hydrogens is 464 g/mol. The van der Waals surface area contributed by atoms with Gasteiger partial charge in [0, 0.05) is 31.7 Å². The maximum Gasteiger partial charge on any atom is 0.332 e. The molecule has 0 aliphatic carbocycles. The first-order valence-corrected chi connectivity index (χ1v) is 12.2. The summed E-state index contributed by atoms with van der Waals surface area (Å²) < 4.78 is 2.34. The van der Waals surface area contributed by atoms with Crippen molar-refractivity contribution in [3.05, 3.63) is 56.0 Å². The van der Waals surface area contributed by atoms with Crippen molar-refractivity contribution in [3.63, 3.8) is 0 Å². The van der Waals surface area contributed by atoms with E-state index in [1.807, 2.05) is 52.8 Å². The van der Waals surface area contributed by atoms with Crippen molar-refractivity contribution < 1.29 is 4.79 Å². The zero-order chi connectivity index (χ0) is 26.1. The highest BCUT2D eigenvalue weighted by Gasteiger charge is 2.25. The van der Waals surface area contributed by atoms with Crippen LogP contribution >= 0.6 is 11.8 Å². The summed E-state index contributed by atoms with van der Waals surface area (Å²) in [4.78, 5) is 49.6. The minimum absolute atomic E-state index is 0.0000435. The van der Waals surface area contributed by atoms with E-state index < -0.39 is 16.7 Å². The fourth-order valence-electron chi connectivity index (χ4n) is 3.53. The van der Waals surface area contributed by atoms with Crippen LogP contribution < -0.4 is 16.1 Å². The van der Waals surface area contributed by atoms with Gasteiger partial charge in [-0.25, -0.2) is 14.8 Å². The minimum Gasteiger partial charge on any atom is -0.311 e. The number of thioether (sulfide) groups is 1. The lowest BCUT2D eigenvalue weighted by Gasteiger charge is -2.23. The van der Waals surface area contributed by atoms with E-state index in [0.717, 1.165) is 33.1 Å². The lowest BCUT2D eigenvalue weighted by molar-refractivity contribution is -0.116. The second kappa shape index (κ2) is 10.0. The summed E-state index contributed by atoms with van der Waals surface area (Å²) >= 11 is 1.14. The average molecular weight is 495 g/mol. The molecule has 0 fully saturated rings. The number of carbonyl (C=O) groups excluding carboxylic acids is 1. The summed E-state index contributed by atoms with van der Waals surface area (Å²) in [5, 5.41) is 9.66. The Morgan fingerprint density at radius 1 is 1.11 bits per heavy atom.